The molecule has 23 rings (SSSR count). The summed E-state index contributed by atoms with van der Waals surface area (Å²) in [5, 5.41) is 25.2. The Morgan fingerprint density at radius 2 is 0.371 bits per heavy atom. The van der Waals surface area contributed by atoms with E-state index in [9.17, 15) is 10.5 Å². The predicted octanol–water partition coefficient (Wildman–Crippen LogP) is 25.2. The van der Waals surface area contributed by atoms with E-state index in [4.69, 9.17) is 74.8 Å². The molecule has 19 heteroatoms. The van der Waals surface area contributed by atoms with Gasteiger partial charge in [0.2, 0.25) is 0 Å². The van der Waals surface area contributed by atoms with Gasteiger partial charge in [-0.25, -0.2) is 74.8 Å². The van der Waals surface area contributed by atoms with E-state index in [0.29, 0.717) is 127 Å². The summed E-state index contributed by atoms with van der Waals surface area (Å²) in [7, 11) is 0. The van der Waals surface area contributed by atoms with Crippen LogP contribution in [0.3, 0.4) is 0 Å². The monoisotopic (exact) mass is 1690 g/mol. The van der Waals surface area contributed by atoms with Crippen molar-refractivity contribution in [3.63, 3.8) is 0 Å². The summed E-state index contributed by atoms with van der Waals surface area (Å²) in [6.45, 7) is 0. The maximum absolute atomic E-state index is 11.3. The fraction of sp³-hybridized carbons (Fsp3) is 0. The van der Waals surface area contributed by atoms with E-state index in [1.807, 2.05) is 315 Å². The molecule has 0 fully saturated rings. The molecule has 19 nitrogen and oxygen atoms in total. The van der Waals surface area contributed by atoms with Crippen LogP contribution in [0, 0.1) is 22.7 Å². The lowest BCUT2D eigenvalue weighted by atomic mass is 9.99. The van der Waals surface area contributed by atoms with Crippen molar-refractivity contribution in [3.8, 4) is 205 Å². The molecule has 0 amide bonds. The fourth-order valence-corrected chi connectivity index (χ4v) is 17.0. The van der Waals surface area contributed by atoms with E-state index in [2.05, 4.69) is 100 Å². The van der Waals surface area contributed by atoms with Gasteiger partial charge >= 0.3 is 0 Å². The number of hydrogen-bond acceptors (Lipinski definition) is 17. The van der Waals surface area contributed by atoms with E-state index in [-0.39, 0.29) is 0 Å². The number of nitrogens with zero attached hydrogens (tertiary/aromatic N) is 19. The molecule has 0 N–H and O–H groups in total. The first-order chi connectivity index (χ1) is 65.3. The number of hydrogen-bond donors (Lipinski definition) is 0. The molecule has 16 aromatic carbocycles. The van der Waals surface area contributed by atoms with Gasteiger partial charge < -0.3 is 9.13 Å². The molecular formula is C113H67N19. The highest BCUT2D eigenvalue weighted by Gasteiger charge is 2.28. The van der Waals surface area contributed by atoms with Crippen molar-refractivity contribution in [2.45, 2.75) is 0 Å². The Balaban J connectivity index is 0.763. The van der Waals surface area contributed by atoms with Crippen LogP contribution in [0.2, 0.25) is 0 Å². The molecule has 132 heavy (non-hydrogen) atoms. The molecule has 0 spiro atoms. The number of nitriles is 2. The van der Waals surface area contributed by atoms with Gasteiger partial charge in [-0.05, 0) is 126 Å². The number of rotatable bonds is 18. The Morgan fingerprint density at radius 3 is 0.652 bits per heavy atom. The average Bonchev–Trinajstić information content (AvgIpc) is 1.57. The van der Waals surface area contributed by atoms with Gasteiger partial charge in [0.05, 0.1) is 56.7 Å². The molecule has 7 aromatic heterocycles. The summed E-state index contributed by atoms with van der Waals surface area (Å²) in [4.78, 5) is 79.4. The molecule has 614 valence electrons. The quantitative estimate of drug-likeness (QED) is 0.0774. The highest BCUT2D eigenvalue weighted by molar-refractivity contribution is 6.14. The fourth-order valence-electron chi connectivity index (χ4n) is 17.0. The first kappa shape index (κ1) is 77.9. The molecule has 0 aliphatic heterocycles. The van der Waals surface area contributed by atoms with Crippen LogP contribution in [0.5, 0.6) is 0 Å². The molecule has 0 saturated carbocycles. The van der Waals surface area contributed by atoms with Gasteiger partial charge in [-0.3, -0.25) is 0 Å². The second kappa shape index (κ2) is 33.6. The Hall–Kier alpha value is -18.9. The molecule has 0 saturated heterocycles. The van der Waals surface area contributed by atoms with Crippen LogP contribution in [0.4, 0.5) is 0 Å². The lowest BCUT2D eigenvalue weighted by Crippen LogP contribution is -2.06. The smallest absolute Gasteiger partial charge is 0.166 e. The molecular weight excluding hydrogens is 1620 g/mol. The maximum atomic E-state index is 11.3. The third kappa shape index (κ3) is 14.9. The lowest BCUT2D eigenvalue weighted by molar-refractivity contribution is 1.06. The summed E-state index contributed by atoms with van der Waals surface area (Å²) in [5.41, 5.74) is 18.4. The standard InChI is InChI=1S/C113H67N19/c114-68-70-29-28-48-81(61-70)82-50-56-97(131-93-57-51-83(108-120-99(72-30-10-1-11-31-72)116-100(121-108)73-32-12-2-13-33-73)64-88(93)89-65-84(52-58-94(89)131)109-122-101(74-34-14-3-15-35-74)117-102(123-109)75-36-16-4-17-37-75)92(63-82)113-129-107(80-46-26-9-27-47-80)128-112(130-113)87-55-49-71(69-115)62-98(87)132-95-59-53-85(110-124-103(76-38-18-5-19-39-76)118-104(125-110)77-40-20-6-21-41-77)66-90(95)91-67-86(54-60-96(91)132)111-126-105(78-42-22-7-23-43-78)119-106(127-111)79-44-24-8-25-45-79/h1-67H. The van der Waals surface area contributed by atoms with E-state index < -0.39 is 0 Å². The lowest BCUT2D eigenvalue weighted by Gasteiger charge is -2.18. The molecule has 0 unspecified atom stereocenters. The van der Waals surface area contributed by atoms with Gasteiger partial charge in [0.1, 0.15) is 0 Å². The minimum Gasteiger partial charge on any atom is -0.308 e. The minimum atomic E-state index is 0.296. The maximum Gasteiger partial charge on any atom is 0.166 e. The third-order valence-corrected chi connectivity index (χ3v) is 23.4. The highest BCUT2D eigenvalue weighted by Crippen LogP contribution is 2.45. The van der Waals surface area contributed by atoms with Crippen molar-refractivity contribution < 1.29 is 0 Å². The average molecular weight is 1690 g/mol. The van der Waals surface area contributed by atoms with Crippen molar-refractivity contribution in [1.29, 1.82) is 10.5 Å². The summed E-state index contributed by atoms with van der Waals surface area (Å²) in [6.07, 6.45) is 0. The molecule has 0 atom stereocenters. The minimum absolute atomic E-state index is 0.296. The summed E-state index contributed by atoms with van der Waals surface area (Å²) in [5.74, 6) is 6.96. The normalized spacial score (nSPS) is 11.3. The van der Waals surface area contributed by atoms with Crippen LogP contribution in [-0.4, -0.2) is 83.9 Å². The van der Waals surface area contributed by atoms with Gasteiger partial charge in [0.15, 0.2) is 87.4 Å². The molecule has 23 aromatic rings. The second-order valence-electron chi connectivity index (χ2n) is 31.7. The largest absolute Gasteiger partial charge is 0.308 e. The topological polar surface area (TPSA) is 251 Å². The van der Waals surface area contributed by atoms with Crippen molar-refractivity contribution >= 4 is 43.6 Å². The van der Waals surface area contributed by atoms with E-state index >= 15 is 0 Å². The zero-order valence-electron chi connectivity index (χ0n) is 70.2. The highest BCUT2D eigenvalue weighted by atomic mass is 15.1. The van der Waals surface area contributed by atoms with Gasteiger partial charge in [-0.1, -0.05) is 291 Å². The molecule has 7 heterocycles. The number of fused-ring (bicyclic) bond motifs is 6. The van der Waals surface area contributed by atoms with Crippen molar-refractivity contribution in [3.05, 3.63) is 418 Å². The van der Waals surface area contributed by atoms with Gasteiger partial charge in [0, 0.05) is 105 Å². The number of benzene rings is 16. The zero-order chi connectivity index (χ0) is 88.0. The SMILES string of the molecule is N#Cc1cccc(-c2ccc(-n3c4ccc(-c5nc(-c6ccccc6)nc(-c6ccccc6)n5)cc4c4cc(-c5nc(-c6ccccc6)nc(-c6ccccc6)n5)ccc43)c(-c3nc(-c4ccccc4)nc(-c4ccc(C#N)cc4-n4c5ccc(-c6nc(-c7ccccc7)nc(-c7ccccc7)n6)cc5c5cc(-c6nc(-c7ccccc7)nc(-c7ccccc7)n6)ccc54)n3)c2)c1. The third-order valence-electron chi connectivity index (χ3n) is 23.4. The molecule has 0 radical (unpaired) electrons. The van der Waals surface area contributed by atoms with Crippen LogP contribution in [-0.2, 0) is 0 Å². The predicted molar refractivity (Wildman–Crippen MR) is 518 cm³/mol. The summed E-state index contributed by atoms with van der Waals surface area (Å²) in [6, 6.07) is 139. The molecule has 0 aliphatic rings. The van der Waals surface area contributed by atoms with Gasteiger partial charge in [-0.2, -0.15) is 10.5 Å². The van der Waals surface area contributed by atoms with Crippen LogP contribution >= 0.6 is 0 Å². The summed E-state index contributed by atoms with van der Waals surface area (Å²) >= 11 is 0. The Bertz CT molecular complexity index is 7910. The number of aromatic nitrogens is 17. The van der Waals surface area contributed by atoms with Crippen LogP contribution in [0.1, 0.15) is 11.1 Å². The van der Waals surface area contributed by atoms with E-state index in [1.165, 1.54) is 0 Å². The van der Waals surface area contributed by atoms with Gasteiger partial charge in [-0.15, -0.1) is 0 Å². The Labute approximate surface area is 756 Å². The first-order valence-electron chi connectivity index (χ1n) is 42.9. The molecule has 0 bridgehead atoms. The molecule has 0 aliphatic carbocycles. The van der Waals surface area contributed by atoms with Crippen LogP contribution in [0.15, 0.2) is 406 Å². The van der Waals surface area contributed by atoms with Crippen molar-refractivity contribution in [1.82, 2.24) is 83.9 Å². The van der Waals surface area contributed by atoms with E-state index in [1.54, 1.807) is 12.1 Å². The van der Waals surface area contributed by atoms with Crippen LogP contribution in [0.25, 0.3) is 237 Å². The zero-order valence-corrected chi connectivity index (χ0v) is 70.2. The summed E-state index contributed by atoms with van der Waals surface area (Å²) < 4.78 is 4.43. The van der Waals surface area contributed by atoms with Crippen molar-refractivity contribution in [2.24, 2.45) is 0 Å². The van der Waals surface area contributed by atoms with E-state index in [0.717, 1.165) is 122 Å². The Kier molecular flexibility index (Phi) is 19.8. The van der Waals surface area contributed by atoms with Gasteiger partial charge in [0.25, 0.3) is 0 Å². The van der Waals surface area contributed by atoms with Crippen molar-refractivity contribution in [2.75, 3.05) is 0 Å². The Morgan fingerprint density at radius 1 is 0.152 bits per heavy atom. The first-order valence-corrected chi connectivity index (χ1v) is 42.9. The second-order valence-corrected chi connectivity index (χ2v) is 31.7. The van der Waals surface area contributed by atoms with Crippen LogP contribution < -0.4 is 0 Å².